The molecule has 1 aromatic carbocycles. The number of phenols is 1. The van der Waals surface area contributed by atoms with Crippen LogP contribution < -0.4 is 10.6 Å². The third-order valence-electron chi connectivity index (χ3n) is 1.91. The number of carbonyl (C=O) groups is 1. The van der Waals surface area contributed by atoms with E-state index in [4.69, 9.17) is 5.11 Å². The first-order valence-electron chi connectivity index (χ1n) is 4.52. The van der Waals surface area contributed by atoms with E-state index in [1.54, 1.807) is 13.1 Å². The number of carbonyl (C=O) groups excluding carboxylic acids is 1. The summed E-state index contributed by atoms with van der Waals surface area (Å²) in [4.78, 5) is 10.8. The first-order chi connectivity index (χ1) is 7.13. The summed E-state index contributed by atoms with van der Waals surface area (Å²) in [6.45, 7) is 0.559. The van der Waals surface area contributed by atoms with Crippen molar-refractivity contribution in [2.75, 3.05) is 13.6 Å². The average molecular weight is 212 g/mol. The molecular formula is C10H13FN2O2. The topological polar surface area (TPSA) is 61.4 Å². The highest BCUT2D eigenvalue weighted by atomic mass is 19.1. The molecular weight excluding hydrogens is 199 g/mol. The number of hydrogen-bond acceptors (Lipinski definition) is 3. The maximum Gasteiger partial charge on any atom is 0.233 e. The fourth-order valence-corrected chi connectivity index (χ4v) is 1.07. The lowest BCUT2D eigenvalue weighted by atomic mass is 10.2. The molecule has 15 heavy (non-hydrogen) atoms. The Hall–Kier alpha value is -1.62. The second kappa shape index (κ2) is 5.31. The molecule has 0 unspecified atom stereocenters. The van der Waals surface area contributed by atoms with E-state index in [-0.39, 0.29) is 18.2 Å². The number of benzene rings is 1. The molecule has 0 radical (unpaired) electrons. The van der Waals surface area contributed by atoms with Crippen molar-refractivity contribution in [1.29, 1.82) is 0 Å². The molecule has 82 valence electrons. The number of halogens is 1. The summed E-state index contributed by atoms with van der Waals surface area (Å²) in [5, 5.41) is 14.2. The van der Waals surface area contributed by atoms with Crippen molar-refractivity contribution < 1.29 is 14.3 Å². The van der Waals surface area contributed by atoms with E-state index in [9.17, 15) is 9.18 Å². The van der Waals surface area contributed by atoms with Gasteiger partial charge < -0.3 is 15.7 Å². The van der Waals surface area contributed by atoms with Gasteiger partial charge in [-0.05, 0) is 17.7 Å². The predicted octanol–water partition coefficient (Wildman–Crippen LogP) is 0.367. The minimum absolute atomic E-state index is 0.130. The van der Waals surface area contributed by atoms with Gasteiger partial charge in [-0.1, -0.05) is 6.07 Å². The Morgan fingerprint density at radius 3 is 2.87 bits per heavy atom. The van der Waals surface area contributed by atoms with Crippen molar-refractivity contribution in [2.24, 2.45) is 0 Å². The van der Waals surface area contributed by atoms with Gasteiger partial charge >= 0.3 is 0 Å². The van der Waals surface area contributed by atoms with Crippen LogP contribution in [0.5, 0.6) is 5.75 Å². The Morgan fingerprint density at radius 2 is 2.27 bits per heavy atom. The molecule has 0 atom stereocenters. The second-order valence-electron chi connectivity index (χ2n) is 3.06. The third-order valence-corrected chi connectivity index (χ3v) is 1.91. The summed E-state index contributed by atoms with van der Waals surface area (Å²) in [5.41, 5.74) is 0.675. The quantitative estimate of drug-likeness (QED) is 0.675. The highest BCUT2D eigenvalue weighted by Crippen LogP contribution is 2.15. The summed E-state index contributed by atoms with van der Waals surface area (Å²) in [6.07, 6.45) is 0. The highest BCUT2D eigenvalue weighted by molar-refractivity contribution is 5.77. The predicted molar refractivity (Wildman–Crippen MR) is 53.8 cm³/mol. The van der Waals surface area contributed by atoms with E-state index in [1.165, 1.54) is 12.1 Å². The van der Waals surface area contributed by atoms with Gasteiger partial charge in [0.1, 0.15) is 0 Å². The molecule has 4 nitrogen and oxygen atoms in total. The van der Waals surface area contributed by atoms with Crippen LogP contribution in [0.4, 0.5) is 4.39 Å². The Bertz CT molecular complexity index is 355. The van der Waals surface area contributed by atoms with E-state index in [0.29, 0.717) is 12.1 Å². The number of hydrogen-bond donors (Lipinski definition) is 3. The third kappa shape index (κ3) is 3.55. The van der Waals surface area contributed by atoms with Crippen molar-refractivity contribution in [1.82, 2.24) is 10.6 Å². The minimum Gasteiger partial charge on any atom is -0.505 e. The zero-order valence-corrected chi connectivity index (χ0v) is 8.38. The van der Waals surface area contributed by atoms with Gasteiger partial charge in [0.2, 0.25) is 5.91 Å². The van der Waals surface area contributed by atoms with Gasteiger partial charge in [-0.2, -0.15) is 0 Å². The van der Waals surface area contributed by atoms with Crippen LogP contribution >= 0.6 is 0 Å². The van der Waals surface area contributed by atoms with E-state index >= 15 is 0 Å². The van der Waals surface area contributed by atoms with Gasteiger partial charge in [-0.15, -0.1) is 0 Å². The molecule has 0 aromatic heterocycles. The van der Waals surface area contributed by atoms with E-state index in [1.807, 2.05) is 0 Å². The van der Waals surface area contributed by atoms with Gasteiger partial charge in [0, 0.05) is 13.6 Å². The number of likely N-dealkylation sites (N-methyl/N-ethyl adjacent to an activating group) is 1. The number of nitrogens with one attached hydrogen (secondary N) is 2. The molecule has 0 aliphatic carbocycles. The molecule has 0 spiro atoms. The number of aromatic hydroxyl groups is 1. The van der Waals surface area contributed by atoms with Crippen LogP contribution in [-0.2, 0) is 11.3 Å². The Morgan fingerprint density at radius 1 is 1.53 bits per heavy atom. The van der Waals surface area contributed by atoms with Crippen LogP contribution in [0.25, 0.3) is 0 Å². The lowest BCUT2D eigenvalue weighted by Crippen LogP contribution is -2.30. The van der Waals surface area contributed by atoms with Crippen LogP contribution in [0.3, 0.4) is 0 Å². The van der Waals surface area contributed by atoms with Gasteiger partial charge in [0.05, 0.1) is 6.54 Å². The average Bonchev–Trinajstić information content (AvgIpc) is 2.23. The lowest BCUT2D eigenvalue weighted by Gasteiger charge is -2.04. The fourth-order valence-electron chi connectivity index (χ4n) is 1.07. The Kier molecular flexibility index (Phi) is 4.05. The molecule has 0 heterocycles. The smallest absolute Gasteiger partial charge is 0.233 e. The summed E-state index contributed by atoms with van der Waals surface area (Å²) in [5.74, 6) is -1.16. The first kappa shape index (κ1) is 11.5. The van der Waals surface area contributed by atoms with Crippen LogP contribution in [0.2, 0.25) is 0 Å². The maximum absolute atomic E-state index is 12.9. The van der Waals surface area contributed by atoms with Crippen molar-refractivity contribution in [3.05, 3.63) is 29.6 Å². The van der Waals surface area contributed by atoms with Crippen molar-refractivity contribution in [3.8, 4) is 5.75 Å². The monoisotopic (exact) mass is 212 g/mol. The molecule has 0 saturated carbocycles. The van der Waals surface area contributed by atoms with Crippen molar-refractivity contribution in [3.63, 3.8) is 0 Å². The van der Waals surface area contributed by atoms with E-state index < -0.39 is 5.82 Å². The Balaban J connectivity index is 2.44. The lowest BCUT2D eigenvalue weighted by molar-refractivity contribution is -0.119. The van der Waals surface area contributed by atoms with Crippen LogP contribution in [0.1, 0.15) is 5.56 Å². The van der Waals surface area contributed by atoms with Gasteiger partial charge in [0.25, 0.3) is 0 Å². The van der Waals surface area contributed by atoms with Crippen LogP contribution in [0.15, 0.2) is 18.2 Å². The SMILES string of the molecule is CNC(=O)CNCc1ccc(O)c(F)c1. The van der Waals surface area contributed by atoms with Gasteiger partial charge in [0.15, 0.2) is 11.6 Å². The summed E-state index contributed by atoms with van der Waals surface area (Å²) in [6, 6.07) is 4.10. The molecule has 1 aromatic rings. The van der Waals surface area contributed by atoms with Gasteiger partial charge in [-0.25, -0.2) is 4.39 Å². The summed E-state index contributed by atoms with van der Waals surface area (Å²) < 4.78 is 12.9. The molecule has 0 aliphatic rings. The van der Waals surface area contributed by atoms with E-state index in [0.717, 1.165) is 0 Å². The summed E-state index contributed by atoms with van der Waals surface area (Å²) in [7, 11) is 1.55. The minimum atomic E-state index is -0.658. The molecule has 0 bridgehead atoms. The fraction of sp³-hybridized carbons (Fsp3) is 0.300. The number of phenolic OH excluding ortho intramolecular Hbond substituents is 1. The maximum atomic E-state index is 12.9. The molecule has 5 heteroatoms. The number of rotatable bonds is 4. The van der Waals surface area contributed by atoms with E-state index in [2.05, 4.69) is 10.6 Å². The first-order valence-corrected chi connectivity index (χ1v) is 4.52. The second-order valence-corrected chi connectivity index (χ2v) is 3.06. The normalized spacial score (nSPS) is 10.0. The molecule has 1 rings (SSSR count). The zero-order valence-electron chi connectivity index (χ0n) is 8.38. The summed E-state index contributed by atoms with van der Waals surface area (Å²) >= 11 is 0. The number of amides is 1. The van der Waals surface area contributed by atoms with Crippen molar-refractivity contribution >= 4 is 5.91 Å². The largest absolute Gasteiger partial charge is 0.505 e. The van der Waals surface area contributed by atoms with Crippen LogP contribution in [-0.4, -0.2) is 24.6 Å². The standard InChI is InChI=1S/C10H13FN2O2/c1-12-10(15)6-13-5-7-2-3-9(14)8(11)4-7/h2-4,13-14H,5-6H2,1H3,(H,12,15). The molecule has 3 N–H and O–H groups in total. The van der Waals surface area contributed by atoms with Crippen molar-refractivity contribution in [2.45, 2.75) is 6.54 Å². The Labute approximate surface area is 87.1 Å². The molecule has 0 fully saturated rings. The van der Waals surface area contributed by atoms with Crippen LogP contribution in [0, 0.1) is 5.82 Å². The highest BCUT2D eigenvalue weighted by Gasteiger charge is 2.02. The molecule has 1 amide bonds. The molecule has 0 saturated heterocycles. The molecule has 0 aliphatic heterocycles. The van der Waals surface area contributed by atoms with Gasteiger partial charge in [-0.3, -0.25) is 4.79 Å². The zero-order chi connectivity index (χ0) is 11.3.